The molecule has 0 bridgehead atoms. The molecular formula is C10H8BrN3S. The van der Waals surface area contributed by atoms with Gasteiger partial charge in [-0.1, -0.05) is 23.9 Å². The number of nitrogens with zero attached hydrogens (tertiary/aromatic N) is 2. The minimum atomic E-state index is 0.486. The van der Waals surface area contributed by atoms with Gasteiger partial charge < -0.3 is 5.73 Å². The average Bonchev–Trinajstić information content (AvgIpc) is 2.22. The minimum Gasteiger partial charge on any atom is -0.384 e. The molecule has 5 heteroatoms. The van der Waals surface area contributed by atoms with E-state index >= 15 is 0 Å². The van der Waals surface area contributed by atoms with Gasteiger partial charge in [0, 0.05) is 15.4 Å². The van der Waals surface area contributed by atoms with Crippen LogP contribution in [0.25, 0.3) is 0 Å². The van der Waals surface area contributed by atoms with Crippen molar-refractivity contribution >= 4 is 33.5 Å². The van der Waals surface area contributed by atoms with Crippen LogP contribution < -0.4 is 5.73 Å². The van der Waals surface area contributed by atoms with E-state index < -0.39 is 0 Å². The van der Waals surface area contributed by atoms with Gasteiger partial charge >= 0.3 is 0 Å². The van der Waals surface area contributed by atoms with E-state index in [-0.39, 0.29) is 0 Å². The average molecular weight is 282 g/mol. The summed E-state index contributed by atoms with van der Waals surface area (Å²) >= 11 is 5.03. The van der Waals surface area contributed by atoms with Crippen LogP contribution in [0.15, 0.2) is 51.1 Å². The molecule has 15 heavy (non-hydrogen) atoms. The number of hydrogen-bond acceptors (Lipinski definition) is 4. The second-order valence-electron chi connectivity index (χ2n) is 2.81. The molecule has 1 heterocycles. The van der Waals surface area contributed by atoms with Crippen molar-refractivity contribution in [1.29, 1.82) is 0 Å². The van der Waals surface area contributed by atoms with Crippen molar-refractivity contribution < 1.29 is 0 Å². The summed E-state index contributed by atoms with van der Waals surface area (Å²) in [6.07, 6.45) is 1.47. The van der Waals surface area contributed by atoms with E-state index in [4.69, 9.17) is 5.73 Å². The lowest BCUT2D eigenvalue weighted by Gasteiger charge is -2.02. The van der Waals surface area contributed by atoms with Gasteiger partial charge in [-0.2, -0.15) is 0 Å². The van der Waals surface area contributed by atoms with Gasteiger partial charge in [0.1, 0.15) is 17.2 Å². The monoisotopic (exact) mass is 281 g/mol. The summed E-state index contributed by atoms with van der Waals surface area (Å²) in [6.45, 7) is 0. The molecule has 0 aliphatic rings. The SMILES string of the molecule is Nc1cc(Sc2ccccc2Br)ncn1. The fourth-order valence-electron chi connectivity index (χ4n) is 1.05. The highest BCUT2D eigenvalue weighted by Gasteiger charge is 2.02. The summed E-state index contributed by atoms with van der Waals surface area (Å²) in [4.78, 5) is 9.08. The first-order valence-electron chi connectivity index (χ1n) is 4.25. The number of anilines is 1. The Morgan fingerprint density at radius 1 is 1.20 bits per heavy atom. The summed E-state index contributed by atoms with van der Waals surface area (Å²) < 4.78 is 1.05. The first kappa shape index (κ1) is 10.4. The smallest absolute Gasteiger partial charge is 0.127 e. The van der Waals surface area contributed by atoms with Gasteiger partial charge in [-0.05, 0) is 28.1 Å². The molecular weight excluding hydrogens is 274 g/mol. The summed E-state index contributed by atoms with van der Waals surface area (Å²) in [6, 6.07) is 9.73. The zero-order valence-corrected chi connectivity index (χ0v) is 10.1. The van der Waals surface area contributed by atoms with Crippen molar-refractivity contribution in [2.75, 3.05) is 5.73 Å². The normalized spacial score (nSPS) is 10.2. The molecule has 0 fully saturated rings. The third-order valence-electron chi connectivity index (χ3n) is 1.71. The van der Waals surface area contributed by atoms with Crippen LogP contribution in [0.5, 0.6) is 0 Å². The Kier molecular flexibility index (Phi) is 3.23. The van der Waals surface area contributed by atoms with Gasteiger partial charge in [-0.15, -0.1) is 0 Å². The lowest BCUT2D eigenvalue weighted by atomic mass is 10.4. The van der Waals surface area contributed by atoms with Crippen LogP contribution in [-0.2, 0) is 0 Å². The molecule has 2 rings (SSSR count). The first-order valence-corrected chi connectivity index (χ1v) is 5.86. The van der Waals surface area contributed by atoms with Crippen LogP contribution in [0, 0.1) is 0 Å². The fraction of sp³-hybridized carbons (Fsp3) is 0. The zero-order valence-electron chi connectivity index (χ0n) is 7.72. The van der Waals surface area contributed by atoms with Crippen molar-refractivity contribution in [2.45, 2.75) is 9.92 Å². The van der Waals surface area contributed by atoms with E-state index in [0.29, 0.717) is 5.82 Å². The van der Waals surface area contributed by atoms with Crippen LogP contribution in [0.3, 0.4) is 0 Å². The highest BCUT2D eigenvalue weighted by molar-refractivity contribution is 9.10. The van der Waals surface area contributed by atoms with Crippen LogP contribution in [0.1, 0.15) is 0 Å². The maximum atomic E-state index is 5.57. The molecule has 0 spiro atoms. The number of hydrogen-bond donors (Lipinski definition) is 1. The van der Waals surface area contributed by atoms with Crippen LogP contribution >= 0.6 is 27.7 Å². The highest BCUT2D eigenvalue weighted by Crippen LogP contribution is 2.32. The molecule has 0 atom stereocenters. The van der Waals surface area contributed by atoms with Gasteiger partial charge in [-0.25, -0.2) is 9.97 Å². The maximum absolute atomic E-state index is 5.57. The second kappa shape index (κ2) is 4.63. The molecule has 2 aromatic rings. The van der Waals surface area contributed by atoms with Crippen LogP contribution in [-0.4, -0.2) is 9.97 Å². The number of nitrogens with two attached hydrogens (primary N) is 1. The number of benzene rings is 1. The van der Waals surface area contributed by atoms with E-state index in [1.54, 1.807) is 17.8 Å². The Morgan fingerprint density at radius 3 is 2.73 bits per heavy atom. The zero-order chi connectivity index (χ0) is 10.7. The van der Waals surface area contributed by atoms with Crippen molar-refractivity contribution in [1.82, 2.24) is 9.97 Å². The van der Waals surface area contributed by atoms with E-state index in [0.717, 1.165) is 14.4 Å². The molecule has 2 N–H and O–H groups in total. The van der Waals surface area contributed by atoms with Crippen molar-refractivity contribution in [3.05, 3.63) is 41.1 Å². The second-order valence-corrected chi connectivity index (χ2v) is 4.73. The molecule has 0 amide bonds. The largest absolute Gasteiger partial charge is 0.384 e. The summed E-state index contributed by atoms with van der Waals surface area (Å²) in [5, 5.41) is 0.842. The molecule has 1 aromatic carbocycles. The number of nitrogen functional groups attached to an aromatic ring is 1. The Hall–Kier alpha value is -1.07. The Balaban J connectivity index is 2.26. The number of aromatic nitrogens is 2. The Morgan fingerprint density at radius 2 is 2.00 bits per heavy atom. The third-order valence-corrected chi connectivity index (χ3v) is 3.68. The molecule has 3 nitrogen and oxygen atoms in total. The Bertz CT molecular complexity index is 476. The molecule has 0 saturated carbocycles. The quantitative estimate of drug-likeness (QED) is 0.860. The van der Waals surface area contributed by atoms with Crippen LogP contribution in [0.4, 0.5) is 5.82 Å². The molecule has 76 valence electrons. The maximum Gasteiger partial charge on any atom is 0.127 e. The highest BCUT2D eigenvalue weighted by atomic mass is 79.9. The topological polar surface area (TPSA) is 51.8 Å². The standard InChI is InChI=1S/C10H8BrN3S/c11-7-3-1-2-4-8(7)15-10-5-9(12)13-6-14-10/h1-6H,(H2,12,13,14). The van der Waals surface area contributed by atoms with Crippen molar-refractivity contribution in [3.63, 3.8) is 0 Å². The van der Waals surface area contributed by atoms with E-state index in [1.807, 2.05) is 24.3 Å². The van der Waals surface area contributed by atoms with Gasteiger partial charge in [-0.3, -0.25) is 0 Å². The first-order chi connectivity index (χ1) is 7.25. The predicted molar refractivity (Wildman–Crippen MR) is 64.7 cm³/mol. The molecule has 0 aliphatic heterocycles. The summed E-state index contributed by atoms with van der Waals surface area (Å²) in [7, 11) is 0. The summed E-state index contributed by atoms with van der Waals surface area (Å²) in [5.41, 5.74) is 5.57. The van der Waals surface area contributed by atoms with E-state index in [9.17, 15) is 0 Å². The van der Waals surface area contributed by atoms with E-state index in [1.165, 1.54) is 6.33 Å². The van der Waals surface area contributed by atoms with Gasteiger partial charge in [0.05, 0.1) is 0 Å². The van der Waals surface area contributed by atoms with Gasteiger partial charge in [0.15, 0.2) is 0 Å². The minimum absolute atomic E-state index is 0.486. The van der Waals surface area contributed by atoms with Crippen molar-refractivity contribution in [2.24, 2.45) is 0 Å². The number of rotatable bonds is 2. The molecule has 0 saturated heterocycles. The van der Waals surface area contributed by atoms with E-state index in [2.05, 4.69) is 25.9 Å². The van der Waals surface area contributed by atoms with Crippen molar-refractivity contribution in [3.8, 4) is 0 Å². The Labute approximate surface area is 100 Å². The number of halogens is 1. The van der Waals surface area contributed by atoms with Gasteiger partial charge in [0.25, 0.3) is 0 Å². The molecule has 0 unspecified atom stereocenters. The predicted octanol–water partition coefficient (Wildman–Crippen LogP) is 2.97. The molecule has 0 radical (unpaired) electrons. The van der Waals surface area contributed by atoms with Gasteiger partial charge in [0.2, 0.25) is 0 Å². The lowest BCUT2D eigenvalue weighted by molar-refractivity contribution is 1.05. The molecule has 1 aromatic heterocycles. The summed E-state index contributed by atoms with van der Waals surface area (Å²) in [5.74, 6) is 0.486. The fourth-order valence-corrected chi connectivity index (χ4v) is 2.39. The lowest BCUT2D eigenvalue weighted by Crippen LogP contribution is -1.91. The molecule has 0 aliphatic carbocycles. The van der Waals surface area contributed by atoms with Crippen LogP contribution in [0.2, 0.25) is 0 Å². The third kappa shape index (κ3) is 2.70.